The molecule has 1 unspecified atom stereocenters. The number of aliphatic hydroxyl groups excluding tert-OH is 1. The molecule has 0 saturated heterocycles. The Morgan fingerprint density at radius 1 is 1.53 bits per heavy atom. The molecule has 0 saturated carbocycles. The van der Waals surface area contributed by atoms with Gasteiger partial charge >= 0.3 is 0 Å². The molecule has 4 heteroatoms. The zero-order chi connectivity index (χ0) is 11.3. The Bertz CT molecular complexity index is 339. The van der Waals surface area contributed by atoms with E-state index in [9.17, 15) is 4.79 Å². The van der Waals surface area contributed by atoms with Gasteiger partial charge in [0, 0.05) is 5.56 Å². The van der Waals surface area contributed by atoms with Gasteiger partial charge in [-0.15, -0.1) is 0 Å². The second-order valence-corrected chi connectivity index (χ2v) is 3.30. The number of aliphatic hydroxyl groups is 1. The van der Waals surface area contributed by atoms with E-state index < -0.39 is 0 Å². The highest BCUT2D eigenvalue weighted by atomic mass is 16.3. The first kappa shape index (κ1) is 11.7. The molecule has 0 radical (unpaired) electrons. The molecule has 1 atom stereocenters. The van der Waals surface area contributed by atoms with Gasteiger partial charge in [-0.1, -0.05) is 25.1 Å². The number of rotatable bonds is 4. The largest absolute Gasteiger partial charge is 0.392 e. The summed E-state index contributed by atoms with van der Waals surface area (Å²) in [6.07, 6.45) is 0.330. The molecule has 0 aliphatic rings. The number of hydrogen-bond donors (Lipinski definition) is 3. The summed E-state index contributed by atoms with van der Waals surface area (Å²) in [6.45, 7) is 1.74. The summed E-state index contributed by atoms with van der Waals surface area (Å²) in [7, 11) is 0. The van der Waals surface area contributed by atoms with Gasteiger partial charge in [-0.3, -0.25) is 4.79 Å². The second kappa shape index (κ2) is 5.48. The Hall–Kier alpha value is -1.39. The van der Waals surface area contributed by atoms with Crippen molar-refractivity contribution >= 4 is 5.91 Å². The zero-order valence-corrected chi connectivity index (χ0v) is 8.73. The van der Waals surface area contributed by atoms with Gasteiger partial charge in [0.15, 0.2) is 0 Å². The van der Waals surface area contributed by atoms with Gasteiger partial charge in [0.2, 0.25) is 0 Å². The van der Waals surface area contributed by atoms with Crippen molar-refractivity contribution in [2.24, 2.45) is 5.73 Å². The van der Waals surface area contributed by atoms with Crippen molar-refractivity contribution in [3.63, 3.8) is 0 Å². The van der Waals surface area contributed by atoms with E-state index in [4.69, 9.17) is 10.8 Å². The highest BCUT2D eigenvalue weighted by Gasteiger charge is 2.11. The first-order chi connectivity index (χ1) is 7.19. The molecule has 0 spiro atoms. The van der Waals surface area contributed by atoms with E-state index in [-0.39, 0.29) is 18.7 Å². The van der Waals surface area contributed by atoms with Gasteiger partial charge in [-0.2, -0.15) is 0 Å². The number of carbonyl (C=O) groups excluding carboxylic acids is 1. The summed E-state index contributed by atoms with van der Waals surface area (Å²) in [5.41, 5.74) is 6.69. The average Bonchev–Trinajstić information content (AvgIpc) is 2.28. The fraction of sp³-hybridized carbons (Fsp3) is 0.364. The lowest BCUT2D eigenvalue weighted by atomic mass is 10.1. The van der Waals surface area contributed by atoms with Crippen LogP contribution in [0, 0.1) is 0 Å². The fourth-order valence-corrected chi connectivity index (χ4v) is 1.23. The summed E-state index contributed by atoms with van der Waals surface area (Å²) in [4.78, 5) is 11.7. The Kier molecular flexibility index (Phi) is 4.27. The molecule has 0 bridgehead atoms. The molecule has 0 aliphatic heterocycles. The molecule has 4 nitrogen and oxygen atoms in total. The van der Waals surface area contributed by atoms with Gasteiger partial charge in [0.25, 0.3) is 5.91 Å². The lowest BCUT2D eigenvalue weighted by molar-refractivity contribution is 0.0934. The van der Waals surface area contributed by atoms with E-state index in [1.54, 1.807) is 24.3 Å². The van der Waals surface area contributed by atoms with Crippen molar-refractivity contribution in [2.45, 2.75) is 26.1 Å². The summed E-state index contributed by atoms with van der Waals surface area (Å²) in [6, 6.07) is 6.92. The summed E-state index contributed by atoms with van der Waals surface area (Å²) in [5.74, 6) is -0.242. The van der Waals surface area contributed by atoms with Crippen molar-refractivity contribution in [1.29, 1.82) is 0 Å². The quantitative estimate of drug-likeness (QED) is 0.634. The Labute approximate surface area is 89.1 Å². The molecule has 1 aromatic carbocycles. The predicted octanol–water partition coefficient (Wildman–Crippen LogP) is 0.603. The normalized spacial score (nSPS) is 12.2. The number of nitrogens with two attached hydrogens (primary N) is 1. The molecule has 0 heterocycles. The summed E-state index contributed by atoms with van der Waals surface area (Å²) in [5, 5.41) is 11.7. The minimum absolute atomic E-state index is 0.148. The van der Waals surface area contributed by atoms with E-state index in [0.717, 1.165) is 0 Å². The highest BCUT2D eigenvalue weighted by molar-refractivity contribution is 5.95. The highest BCUT2D eigenvalue weighted by Crippen LogP contribution is 2.08. The molecule has 1 aromatic rings. The van der Waals surface area contributed by atoms with Crippen LogP contribution in [0.5, 0.6) is 0 Å². The van der Waals surface area contributed by atoms with Crippen molar-refractivity contribution in [2.75, 3.05) is 0 Å². The molecule has 1 rings (SSSR count). The van der Waals surface area contributed by atoms with Crippen molar-refractivity contribution in [1.82, 2.24) is 5.32 Å². The van der Waals surface area contributed by atoms with Crippen LogP contribution >= 0.6 is 0 Å². The lowest BCUT2D eigenvalue weighted by Gasteiger charge is -2.13. The molecule has 0 aliphatic carbocycles. The van der Waals surface area contributed by atoms with E-state index in [1.807, 2.05) is 6.92 Å². The number of benzene rings is 1. The van der Waals surface area contributed by atoms with E-state index >= 15 is 0 Å². The lowest BCUT2D eigenvalue weighted by Crippen LogP contribution is -2.41. The Morgan fingerprint density at radius 2 is 2.20 bits per heavy atom. The van der Waals surface area contributed by atoms with Crippen LogP contribution in [0.1, 0.15) is 29.3 Å². The van der Waals surface area contributed by atoms with Crippen LogP contribution in [0.2, 0.25) is 0 Å². The first-order valence-electron chi connectivity index (χ1n) is 4.94. The number of nitrogens with one attached hydrogen (secondary N) is 1. The molecular formula is C11H16N2O2. The predicted molar refractivity (Wildman–Crippen MR) is 58.1 cm³/mol. The molecule has 0 aromatic heterocycles. The zero-order valence-electron chi connectivity index (χ0n) is 8.73. The van der Waals surface area contributed by atoms with Crippen LogP contribution in [-0.2, 0) is 6.61 Å². The second-order valence-electron chi connectivity index (χ2n) is 3.30. The van der Waals surface area contributed by atoms with Crippen LogP contribution in [0.15, 0.2) is 24.3 Å². The van der Waals surface area contributed by atoms with Crippen LogP contribution in [-0.4, -0.2) is 17.2 Å². The van der Waals surface area contributed by atoms with Crippen molar-refractivity contribution in [3.8, 4) is 0 Å². The molecule has 0 fully saturated rings. The summed E-state index contributed by atoms with van der Waals surface area (Å²) < 4.78 is 0. The molecular weight excluding hydrogens is 192 g/mol. The van der Waals surface area contributed by atoms with Crippen LogP contribution < -0.4 is 11.1 Å². The smallest absolute Gasteiger partial charge is 0.252 e. The maximum Gasteiger partial charge on any atom is 0.252 e. The third kappa shape index (κ3) is 3.04. The van der Waals surface area contributed by atoms with E-state index in [0.29, 0.717) is 17.5 Å². The topological polar surface area (TPSA) is 75.3 Å². The Morgan fingerprint density at radius 3 is 2.80 bits per heavy atom. The number of carbonyl (C=O) groups is 1. The van der Waals surface area contributed by atoms with Crippen LogP contribution in [0.25, 0.3) is 0 Å². The molecule has 1 amide bonds. The number of amides is 1. The number of hydrogen-bond acceptors (Lipinski definition) is 3. The van der Waals surface area contributed by atoms with E-state index in [1.165, 1.54) is 0 Å². The maximum absolute atomic E-state index is 11.7. The molecule has 4 N–H and O–H groups in total. The van der Waals surface area contributed by atoms with Crippen LogP contribution in [0.4, 0.5) is 0 Å². The van der Waals surface area contributed by atoms with E-state index in [2.05, 4.69) is 5.32 Å². The van der Waals surface area contributed by atoms with Crippen molar-refractivity contribution in [3.05, 3.63) is 35.4 Å². The standard InChI is InChI=1S/C11H16N2O2/c1-2-10(12)13-11(15)9-6-4-3-5-8(9)7-14/h3-6,10,14H,2,7,12H2,1H3,(H,13,15). The van der Waals surface area contributed by atoms with Crippen LogP contribution in [0.3, 0.4) is 0 Å². The minimum atomic E-state index is -0.343. The van der Waals surface area contributed by atoms with Crippen molar-refractivity contribution < 1.29 is 9.90 Å². The molecule has 82 valence electrons. The molecule has 15 heavy (non-hydrogen) atoms. The first-order valence-corrected chi connectivity index (χ1v) is 4.94. The monoisotopic (exact) mass is 208 g/mol. The van der Waals surface area contributed by atoms with Gasteiger partial charge in [-0.05, 0) is 18.1 Å². The van der Waals surface area contributed by atoms with Gasteiger partial charge < -0.3 is 16.2 Å². The third-order valence-corrected chi connectivity index (χ3v) is 2.19. The fourth-order valence-electron chi connectivity index (χ4n) is 1.23. The van der Waals surface area contributed by atoms with Gasteiger partial charge in [0.05, 0.1) is 12.8 Å². The van der Waals surface area contributed by atoms with Gasteiger partial charge in [0.1, 0.15) is 0 Å². The Balaban J connectivity index is 2.81. The SMILES string of the molecule is CCC(N)NC(=O)c1ccccc1CO. The average molecular weight is 208 g/mol. The maximum atomic E-state index is 11.7. The third-order valence-electron chi connectivity index (χ3n) is 2.19. The minimum Gasteiger partial charge on any atom is -0.392 e. The van der Waals surface area contributed by atoms with Gasteiger partial charge in [-0.25, -0.2) is 0 Å². The summed E-state index contributed by atoms with van der Waals surface area (Å²) >= 11 is 0.